The first-order valence-electron chi connectivity index (χ1n) is 13.3. The molecule has 0 fully saturated rings. The van der Waals surface area contributed by atoms with Crippen LogP contribution >= 0.6 is 11.3 Å². The summed E-state index contributed by atoms with van der Waals surface area (Å²) < 4.78 is 11.4. The van der Waals surface area contributed by atoms with Crippen LogP contribution in [0, 0.1) is 12.3 Å². The average molecular weight is 562 g/mol. The van der Waals surface area contributed by atoms with Gasteiger partial charge in [0.2, 0.25) is 23.5 Å². The molecule has 0 aliphatic carbocycles. The SMILES string of the molecule is CCC[C@H](NC(=O)CC(C)(C)C)C(=O)Nc1nc(-c2noc(C)n2)c(-c2ccccc2OCc2ccccc2)s1. The van der Waals surface area contributed by atoms with Crippen LogP contribution in [-0.4, -0.2) is 33.0 Å². The van der Waals surface area contributed by atoms with Crippen LogP contribution < -0.4 is 15.4 Å². The number of anilines is 1. The summed E-state index contributed by atoms with van der Waals surface area (Å²) in [4.78, 5) is 35.7. The number of aryl methyl sites for hydroxylation is 1. The summed E-state index contributed by atoms with van der Waals surface area (Å²) in [6, 6.07) is 16.9. The van der Waals surface area contributed by atoms with Gasteiger partial charge in [0.1, 0.15) is 24.1 Å². The lowest BCUT2D eigenvalue weighted by Gasteiger charge is -2.21. The highest BCUT2D eigenvalue weighted by Crippen LogP contribution is 2.42. The molecule has 2 heterocycles. The molecule has 40 heavy (non-hydrogen) atoms. The minimum atomic E-state index is -0.676. The molecule has 0 saturated carbocycles. The van der Waals surface area contributed by atoms with E-state index >= 15 is 0 Å². The Morgan fingerprint density at radius 1 is 1.05 bits per heavy atom. The number of para-hydroxylation sites is 1. The monoisotopic (exact) mass is 561 g/mol. The highest BCUT2D eigenvalue weighted by Gasteiger charge is 2.26. The summed E-state index contributed by atoms with van der Waals surface area (Å²) >= 11 is 1.29. The van der Waals surface area contributed by atoms with E-state index in [2.05, 4.69) is 25.8 Å². The van der Waals surface area contributed by atoms with Gasteiger partial charge in [0.05, 0.1) is 4.88 Å². The fourth-order valence-electron chi connectivity index (χ4n) is 4.10. The van der Waals surface area contributed by atoms with Gasteiger partial charge in [-0.25, -0.2) is 4.98 Å². The van der Waals surface area contributed by atoms with E-state index in [1.165, 1.54) is 11.3 Å². The Balaban J connectivity index is 1.63. The molecule has 10 heteroatoms. The summed E-state index contributed by atoms with van der Waals surface area (Å²) in [6.07, 6.45) is 1.56. The molecular weight excluding hydrogens is 526 g/mol. The number of rotatable bonds is 11. The summed E-state index contributed by atoms with van der Waals surface area (Å²) in [7, 11) is 0. The van der Waals surface area contributed by atoms with E-state index in [0.29, 0.717) is 47.7 Å². The molecule has 210 valence electrons. The van der Waals surface area contributed by atoms with Gasteiger partial charge in [-0.3, -0.25) is 9.59 Å². The number of benzene rings is 2. The predicted molar refractivity (Wildman–Crippen MR) is 156 cm³/mol. The predicted octanol–water partition coefficient (Wildman–Crippen LogP) is 6.41. The Labute approximate surface area is 238 Å². The summed E-state index contributed by atoms with van der Waals surface area (Å²) in [5.74, 6) is 0.887. The van der Waals surface area contributed by atoms with E-state index in [1.54, 1.807) is 6.92 Å². The summed E-state index contributed by atoms with van der Waals surface area (Å²) in [5.41, 5.74) is 2.11. The number of thiazole rings is 1. The van der Waals surface area contributed by atoms with Gasteiger partial charge in [-0.2, -0.15) is 4.98 Å². The van der Waals surface area contributed by atoms with E-state index in [4.69, 9.17) is 9.26 Å². The van der Waals surface area contributed by atoms with Crippen molar-refractivity contribution in [3.8, 4) is 27.7 Å². The van der Waals surface area contributed by atoms with Crippen LogP contribution in [0.2, 0.25) is 0 Å². The summed E-state index contributed by atoms with van der Waals surface area (Å²) in [5, 5.41) is 10.2. The normalized spacial score (nSPS) is 12.1. The van der Waals surface area contributed by atoms with Crippen molar-refractivity contribution in [2.45, 2.75) is 66.5 Å². The summed E-state index contributed by atoms with van der Waals surface area (Å²) in [6.45, 7) is 10.0. The second kappa shape index (κ2) is 12.9. The van der Waals surface area contributed by atoms with Crippen molar-refractivity contribution in [3.63, 3.8) is 0 Å². The smallest absolute Gasteiger partial charge is 0.248 e. The number of nitrogens with zero attached hydrogens (tertiary/aromatic N) is 3. The minimum absolute atomic E-state index is 0.159. The second-order valence-electron chi connectivity index (χ2n) is 10.7. The van der Waals surface area contributed by atoms with Crippen LogP contribution in [0.5, 0.6) is 5.75 Å². The van der Waals surface area contributed by atoms with E-state index in [1.807, 2.05) is 82.3 Å². The molecule has 0 aliphatic rings. The quantitative estimate of drug-likeness (QED) is 0.217. The van der Waals surface area contributed by atoms with Crippen molar-refractivity contribution in [3.05, 3.63) is 66.1 Å². The molecule has 0 unspecified atom stereocenters. The molecule has 0 radical (unpaired) electrons. The highest BCUT2D eigenvalue weighted by molar-refractivity contribution is 7.19. The topological polar surface area (TPSA) is 119 Å². The maximum Gasteiger partial charge on any atom is 0.248 e. The average Bonchev–Trinajstić information content (AvgIpc) is 3.53. The second-order valence-corrected chi connectivity index (χ2v) is 11.7. The molecule has 4 rings (SSSR count). The Kier molecular flexibility index (Phi) is 9.31. The lowest BCUT2D eigenvalue weighted by molar-refractivity contribution is -0.127. The number of ether oxygens (including phenoxy) is 1. The Morgan fingerprint density at radius 3 is 2.45 bits per heavy atom. The van der Waals surface area contributed by atoms with E-state index in [-0.39, 0.29) is 17.2 Å². The van der Waals surface area contributed by atoms with Gasteiger partial charge in [-0.1, -0.05) is 93.1 Å². The lowest BCUT2D eigenvalue weighted by atomic mass is 9.92. The van der Waals surface area contributed by atoms with Gasteiger partial charge in [0, 0.05) is 18.9 Å². The standard InChI is InChI=1S/C30H35N5O4S/c1-6-12-22(32-24(36)17-30(3,4)5)28(37)34-29-33-25(27-31-19(2)39-35-27)26(40-29)21-15-10-11-16-23(21)38-18-20-13-8-7-9-14-20/h7-11,13-16,22H,6,12,17-18H2,1-5H3,(H,32,36)(H,33,34,37)/t22-/m0/s1. The Hall–Kier alpha value is -4.05. The van der Waals surface area contributed by atoms with Crippen molar-refractivity contribution in [2.75, 3.05) is 5.32 Å². The number of aromatic nitrogens is 3. The molecule has 2 N–H and O–H groups in total. The van der Waals surface area contributed by atoms with Crippen molar-refractivity contribution < 1.29 is 18.8 Å². The molecule has 1 atom stereocenters. The van der Waals surface area contributed by atoms with Gasteiger partial charge in [-0.05, 0) is 29.5 Å². The number of nitrogens with one attached hydrogen (secondary N) is 2. The maximum absolute atomic E-state index is 13.3. The third-order valence-corrected chi connectivity index (χ3v) is 6.89. The van der Waals surface area contributed by atoms with E-state index in [9.17, 15) is 9.59 Å². The largest absolute Gasteiger partial charge is 0.488 e. The molecule has 0 spiro atoms. The lowest BCUT2D eigenvalue weighted by Crippen LogP contribution is -2.44. The molecule has 2 aromatic heterocycles. The molecule has 9 nitrogen and oxygen atoms in total. The zero-order valence-electron chi connectivity index (χ0n) is 23.5. The van der Waals surface area contributed by atoms with E-state index in [0.717, 1.165) is 22.4 Å². The third kappa shape index (κ3) is 7.75. The molecule has 0 bridgehead atoms. The van der Waals surface area contributed by atoms with Crippen LogP contribution in [-0.2, 0) is 16.2 Å². The highest BCUT2D eigenvalue weighted by atomic mass is 32.1. The van der Waals surface area contributed by atoms with Gasteiger partial charge in [0.25, 0.3) is 0 Å². The first-order chi connectivity index (χ1) is 19.1. The molecular formula is C30H35N5O4S. The first-order valence-corrected chi connectivity index (χ1v) is 14.1. The van der Waals surface area contributed by atoms with Gasteiger partial charge >= 0.3 is 0 Å². The number of amides is 2. The van der Waals surface area contributed by atoms with Crippen molar-refractivity contribution >= 4 is 28.3 Å². The third-order valence-electron chi connectivity index (χ3n) is 5.89. The van der Waals surface area contributed by atoms with E-state index < -0.39 is 6.04 Å². The number of hydrogen-bond acceptors (Lipinski definition) is 8. The maximum atomic E-state index is 13.3. The number of hydrogen-bond donors (Lipinski definition) is 2. The number of carbonyl (C=O) groups excluding carboxylic acids is 2. The van der Waals surface area contributed by atoms with Crippen molar-refractivity contribution in [1.29, 1.82) is 0 Å². The van der Waals surface area contributed by atoms with Crippen LogP contribution in [0.15, 0.2) is 59.1 Å². The Bertz CT molecular complexity index is 1440. The Morgan fingerprint density at radius 2 is 1.77 bits per heavy atom. The van der Waals surface area contributed by atoms with Gasteiger partial charge in [-0.15, -0.1) is 0 Å². The zero-order valence-corrected chi connectivity index (χ0v) is 24.3. The van der Waals surface area contributed by atoms with Crippen LogP contribution in [0.25, 0.3) is 22.0 Å². The minimum Gasteiger partial charge on any atom is -0.488 e. The molecule has 4 aromatic rings. The van der Waals surface area contributed by atoms with Gasteiger partial charge < -0.3 is 19.9 Å². The zero-order chi connectivity index (χ0) is 28.7. The molecule has 2 aromatic carbocycles. The van der Waals surface area contributed by atoms with Crippen molar-refractivity contribution in [1.82, 2.24) is 20.4 Å². The molecule has 0 saturated heterocycles. The molecule has 2 amide bonds. The number of carbonyl (C=O) groups is 2. The fraction of sp³-hybridized carbons (Fsp3) is 0.367. The van der Waals surface area contributed by atoms with Crippen LogP contribution in [0.4, 0.5) is 5.13 Å². The van der Waals surface area contributed by atoms with Crippen molar-refractivity contribution in [2.24, 2.45) is 5.41 Å². The first kappa shape index (κ1) is 28.9. The van der Waals surface area contributed by atoms with Crippen LogP contribution in [0.1, 0.15) is 58.4 Å². The van der Waals surface area contributed by atoms with Crippen LogP contribution in [0.3, 0.4) is 0 Å². The van der Waals surface area contributed by atoms with Gasteiger partial charge in [0.15, 0.2) is 5.13 Å². The fourth-order valence-corrected chi connectivity index (χ4v) is 5.09. The molecule has 0 aliphatic heterocycles.